The molecule has 0 aromatic rings. The van der Waals surface area contributed by atoms with E-state index in [4.69, 9.17) is 5.73 Å². The van der Waals surface area contributed by atoms with E-state index < -0.39 is 0 Å². The molecule has 1 saturated heterocycles. The van der Waals surface area contributed by atoms with Gasteiger partial charge in [-0.15, -0.1) is 0 Å². The topological polar surface area (TPSA) is 58.4 Å². The van der Waals surface area contributed by atoms with Crippen LogP contribution in [0, 0.1) is 0 Å². The Labute approximate surface area is 104 Å². The Morgan fingerprint density at radius 3 is 2.82 bits per heavy atom. The van der Waals surface area contributed by atoms with Crippen molar-refractivity contribution in [3.8, 4) is 0 Å². The predicted octanol–water partition coefficient (Wildman–Crippen LogP) is 0.857. The molecule has 0 aromatic carbocycles. The second-order valence-electron chi connectivity index (χ2n) is 5.38. The van der Waals surface area contributed by atoms with Crippen LogP contribution in [0.1, 0.15) is 45.4 Å². The summed E-state index contributed by atoms with van der Waals surface area (Å²) in [5, 5.41) is 3.05. The van der Waals surface area contributed by atoms with Crippen LogP contribution in [0.4, 0.5) is 0 Å². The first-order chi connectivity index (χ1) is 8.24. The Morgan fingerprint density at radius 1 is 1.47 bits per heavy atom. The number of likely N-dealkylation sites (tertiary alicyclic amines) is 1. The monoisotopic (exact) mass is 239 g/mol. The third kappa shape index (κ3) is 3.42. The highest BCUT2D eigenvalue weighted by Crippen LogP contribution is 2.24. The molecule has 0 spiro atoms. The summed E-state index contributed by atoms with van der Waals surface area (Å²) < 4.78 is 0. The van der Waals surface area contributed by atoms with Gasteiger partial charge in [0.15, 0.2) is 0 Å². The van der Waals surface area contributed by atoms with E-state index >= 15 is 0 Å². The van der Waals surface area contributed by atoms with Crippen molar-refractivity contribution in [2.24, 2.45) is 5.73 Å². The summed E-state index contributed by atoms with van der Waals surface area (Å²) in [6.45, 7) is 3.92. The van der Waals surface area contributed by atoms with Gasteiger partial charge < -0.3 is 11.1 Å². The average Bonchev–Trinajstić information content (AvgIpc) is 3.00. The molecule has 4 heteroatoms. The minimum absolute atomic E-state index is 0.185. The summed E-state index contributed by atoms with van der Waals surface area (Å²) in [6.07, 6.45) is 6.56. The Morgan fingerprint density at radius 2 is 2.24 bits per heavy atom. The third-order valence-corrected chi connectivity index (χ3v) is 4.00. The van der Waals surface area contributed by atoms with Crippen molar-refractivity contribution in [1.82, 2.24) is 10.2 Å². The van der Waals surface area contributed by atoms with Gasteiger partial charge in [0, 0.05) is 31.1 Å². The number of hydrogen-bond donors (Lipinski definition) is 2. The molecule has 1 aliphatic heterocycles. The van der Waals surface area contributed by atoms with Crippen molar-refractivity contribution in [3.63, 3.8) is 0 Å². The van der Waals surface area contributed by atoms with Gasteiger partial charge in [-0.3, -0.25) is 9.69 Å². The van der Waals surface area contributed by atoms with Crippen LogP contribution in [0.3, 0.4) is 0 Å². The van der Waals surface area contributed by atoms with Crippen LogP contribution in [-0.2, 0) is 4.79 Å². The zero-order valence-corrected chi connectivity index (χ0v) is 10.8. The quantitative estimate of drug-likeness (QED) is 0.722. The van der Waals surface area contributed by atoms with E-state index in [9.17, 15) is 4.79 Å². The van der Waals surface area contributed by atoms with Crippen molar-refractivity contribution in [2.75, 3.05) is 13.1 Å². The lowest BCUT2D eigenvalue weighted by molar-refractivity contribution is -0.122. The van der Waals surface area contributed by atoms with Crippen LogP contribution in [-0.4, -0.2) is 42.0 Å². The summed E-state index contributed by atoms with van der Waals surface area (Å²) in [7, 11) is 0. The fourth-order valence-electron chi connectivity index (χ4n) is 2.84. The number of rotatable bonds is 6. The van der Waals surface area contributed by atoms with Gasteiger partial charge in [-0.2, -0.15) is 0 Å². The van der Waals surface area contributed by atoms with Crippen molar-refractivity contribution in [3.05, 3.63) is 0 Å². The highest BCUT2D eigenvalue weighted by molar-refractivity contribution is 5.77. The first-order valence-corrected chi connectivity index (χ1v) is 6.99. The zero-order valence-electron chi connectivity index (χ0n) is 10.8. The van der Waals surface area contributed by atoms with E-state index in [1.54, 1.807) is 0 Å². The van der Waals surface area contributed by atoms with Gasteiger partial charge in [0.1, 0.15) is 0 Å². The number of nitrogens with one attached hydrogen (secondary N) is 1. The predicted molar refractivity (Wildman–Crippen MR) is 68.6 cm³/mol. The molecule has 2 aliphatic rings. The summed E-state index contributed by atoms with van der Waals surface area (Å²) >= 11 is 0. The van der Waals surface area contributed by atoms with E-state index in [-0.39, 0.29) is 11.9 Å². The molecule has 1 saturated carbocycles. The van der Waals surface area contributed by atoms with E-state index in [0.717, 1.165) is 19.4 Å². The molecule has 2 fully saturated rings. The summed E-state index contributed by atoms with van der Waals surface area (Å²) in [5.41, 5.74) is 5.84. The van der Waals surface area contributed by atoms with Crippen LogP contribution in [0.15, 0.2) is 0 Å². The van der Waals surface area contributed by atoms with E-state index in [0.29, 0.717) is 25.0 Å². The Balaban J connectivity index is 1.83. The molecule has 0 radical (unpaired) electrons. The fourth-order valence-corrected chi connectivity index (χ4v) is 2.84. The second-order valence-corrected chi connectivity index (χ2v) is 5.38. The van der Waals surface area contributed by atoms with E-state index in [2.05, 4.69) is 17.1 Å². The molecular weight excluding hydrogens is 214 g/mol. The van der Waals surface area contributed by atoms with Crippen LogP contribution >= 0.6 is 0 Å². The van der Waals surface area contributed by atoms with Crippen molar-refractivity contribution in [2.45, 2.75) is 63.6 Å². The van der Waals surface area contributed by atoms with Gasteiger partial charge in [-0.05, 0) is 38.6 Å². The number of nitrogens with zero attached hydrogens (tertiary/aromatic N) is 1. The molecule has 2 unspecified atom stereocenters. The molecule has 1 aliphatic carbocycles. The molecule has 3 N–H and O–H groups in total. The molecule has 0 aromatic heterocycles. The van der Waals surface area contributed by atoms with Crippen LogP contribution in [0.5, 0.6) is 0 Å². The number of carbonyl (C=O) groups excluding carboxylic acids is 1. The molecule has 1 heterocycles. The number of hydrogen-bond acceptors (Lipinski definition) is 3. The SMILES string of the molecule is CCC1CCCN1C(CN)CC(=O)NC1CC1. The lowest BCUT2D eigenvalue weighted by Crippen LogP contribution is -2.46. The van der Waals surface area contributed by atoms with Crippen LogP contribution in [0.2, 0.25) is 0 Å². The van der Waals surface area contributed by atoms with E-state index in [1.165, 1.54) is 19.3 Å². The summed E-state index contributed by atoms with van der Waals surface area (Å²) in [5.74, 6) is 0.185. The number of nitrogens with two attached hydrogens (primary N) is 1. The molecule has 98 valence electrons. The molecule has 2 rings (SSSR count). The van der Waals surface area contributed by atoms with Gasteiger partial charge in [-0.25, -0.2) is 0 Å². The molecule has 0 bridgehead atoms. The second kappa shape index (κ2) is 5.83. The lowest BCUT2D eigenvalue weighted by atomic mass is 10.1. The Hall–Kier alpha value is -0.610. The largest absolute Gasteiger partial charge is 0.353 e. The molecule has 4 nitrogen and oxygen atoms in total. The van der Waals surface area contributed by atoms with Crippen molar-refractivity contribution >= 4 is 5.91 Å². The zero-order chi connectivity index (χ0) is 12.3. The first kappa shape index (κ1) is 12.8. The number of carbonyl (C=O) groups is 1. The normalized spacial score (nSPS) is 27.1. The van der Waals surface area contributed by atoms with Gasteiger partial charge >= 0.3 is 0 Å². The highest BCUT2D eigenvalue weighted by Gasteiger charge is 2.31. The maximum Gasteiger partial charge on any atom is 0.221 e. The van der Waals surface area contributed by atoms with Gasteiger partial charge in [0.2, 0.25) is 5.91 Å². The van der Waals surface area contributed by atoms with Crippen molar-refractivity contribution < 1.29 is 4.79 Å². The molecule has 1 amide bonds. The maximum atomic E-state index is 11.8. The average molecular weight is 239 g/mol. The van der Waals surface area contributed by atoms with Gasteiger partial charge in [0.05, 0.1) is 0 Å². The van der Waals surface area contributed by atoms with Gasteiger partial charge in [0.25, 0.3) is 0 Å². The molecule has 2 atom stereocenters. The maximum absolute atomic E-state index is 11.8. The summed E-state index contributed by atoms with van der Waals surface area (Å²) in [4.78, 5) is 14.3. The lowest BCUT2D eigenvalue weighted by Gasteiger charge is -2.31. The highest BCUT2D eigenvalue weighted by atomic mass is 16.1. The van der Waals surface area contributed by atoms with E-state index in [1.807, 2.05) is 0 Å². The van der Waals surface area contributed by atoms with Crippen LogP contribution in [0.25, 0.3) is 0 Å². The smallest absolute Gasteiger partial charge is 0.221 e. The first-order valence-electron chi connectivity index (χ1n) is 6.99. The number of amides is 1. The Bertz CT molecular complexity index is 265. The van der Waals surface area contributed by atoms with Crippen LogP contribution < -0.4 is 11.1 Å². The van der Waals surface area contributed by atoms with Gasteiger partial charge in [-0.1, -0.05) is 6.92 Å². The third-order valence-electron chi connectivity index (χ3n) is 4.00. The minimum Gasteiger partial charge on any atom is -0.353 e. The summed E-state index contributed by atoms with van der Waals surface area (Å²) in [6, 6.07) is 1.33. The molecular formula is C13H25N3O. The molecule has 17 heavy (non-hydrogen) atoms. The van der Waals surface area contributed by atoms with Crippen molar-refractivity contribution in [1.29, 1.82) is 0 Å². The minimum atomic E-state index is 0.185. The Kier molecular flexibility index (Phi) is 4.40. The standard InChI is InChI=1S/C13H25N3O/c1-2-11-4-3-7-16(11)12(9-14)8-13(17)15-10-5-6-10/h10-12H,2-9,14H2,1H3,(H,15,17). The fraction of sp³-hybridized carbons (Fsp3) is 0.923.